The van der Waals surface area contributed by atoms with Crippen LogP contribution in [0.1, 0.15) is 64.0 Å². The van der Waals surface area contributed by atoms with Crippen LogP contribution in [0.4, 0.5) is 0 Å². The van der Waals surface area contributed by atoms with Crippen LogP contribution in [0.5, 0.6) is 0 Å². The van der Waals surface area contributed by atoms with Crippen LogP contribution in [0.2, 0.25) is 0 Å². The number of carbonyl (C=O) groups is 1. The highest BCUT2D eigenvalue weighted by molar-refractivity contribution is 5.82. The Balaban J connectivity index is 2.61. The summed E-state index contributed by atoms with van der Waals surface area (Å²) in [4.78, 5) is 12.5. The van der Waals surface area contributed by atoms with E-state index in [1.165, 1.54) is 19.3 Å². The number of carbonyl (C=O) groups excluding carboxylic acids is 1. The summed E-state index contributed by atoms with van der Waals surface area (Å²) in [7, 11) is 1.59. The number of nitrogens with one attached hydrogen (secondary N) is 1. The van der Waals surface area contributed by atoms with Crippen molar-refractivity contribution in [2.24, 2.45) is 0 Å². The standard InChI is InChI=1S/C18H29NO2/c1-4-6-8-14-16(11-5-2)19-18(20)17(21-3)15-12-9-7-10-13-15/h7,9-10,12-13,16-17H,4-6,8,11,14H2,1-3H3,(H,19,20). The van der Waals surface area contributed by atoms with Gasteiger partial charge in [0.2, 0.25) is 0 Å². The first-order chi connectivity index (χ1) is 10.2. The average molecular weight is 291 g/mol. The third kappa shape index (κ3) is 6.30. The summed E-state index contributed by atoms with van der Waals surface area (Å²) in [6.07, 6.45) is 6.25. The summed E-state index contributed by atoms with van der Waals surface area (Å²) in [5.41, 5.74) is 0.904. The number of ether oxygens (including phenoxy) is 1. The fourth-order valence-corrected chi connectivity index (χ4v) is 2.58. The monoisotopic (exact) mass is 291 g/mol. The molecule has 0 bridgehead atoms. The van der Waals surface area contributed by atoms with Crippen molar-refractivity contribution in [3.63, 3.8) is 0 Å². The molecule has 0 radical (unpaired) electrons. The van der Waals surface area contributed by atoms with Gasteiger partial charge in [-0.3, -0.25) is 4.79 Å². The second-order valence-electron chi connectivity index (χ2n) is 5.52. The van der Waals surface area contributed by atoms with Crippen LogP contribution in [0.3, 0.4) is 0 Å². The van der Waals surface area contributed by atoms with Crippen molar-refractivity contribution in [2.45, 2.75) is 64.5 Å². The van der Waals surface area contributed by atoms with E-state index in [9.17, 15) is 4.79 Å². The van der Waals surface area contributed by atoms with E-state index < -0.39 is 6.10 Å². The minimum atomic E-state index is -0.517. The van der Waals surface area contributed by atoms with E-state index in [2.05, 4.69) is 19.2 Å². The van der Waals surface area contributed by atoms with Crippen LogP contribution in [-0.2, 0) is 9.53 Å². The van der Waals surface area contributed by atoms with Crippen LogP contribution in [0, 0.1) is 0 Å². The molecule has 118 valence electrons. The Kier molecular flexibility index (Phi) is 8.76. The zero-order chi connectivity index (χ0) is 15.5. The predicted molar refractivity (Wildman–Crippen MR) is 87.2 cm³/mol. The molecular formula is C18H29NO2. The van der Waals surface area contributed by atoms with Crippen LogP contribution < -0.4 is 5.32 Å². The van der Waals surface area contributed by atoms with Gasteiger partial charge < -0.3 is 10.1 Å². The van der Waals surface area contributed by atoms with E-state index in [0.29, 0.717) is 0 Å². The van der Waals surface area contributed by atoms with Crippen LogP contribution in [-0.4, -0.2) is 19.1 Å². The Bertz CT molecular complexity index is 391. The van der Waals surface area contributed by atoms with Gasteiger partial charge in [-0.15, -0.1) is 0 Å². The van der Waals surface area contributed by atoms with Crippen molar-refractivity contribution in [2.75, 3.05) is 7.11 Å². The zero-order valence-electron chi connectivity index (χ0n) is 13.6. The minimum Gasteiger partial charge on any atom is -0.367 e. The van der Waals surface area contributed by atoms with Gasteiger partial charge in [-0.2, -0.15) is 0 Å². The lowest BCUT2D eigenvalue weighted by Crippen LogP contribution is -2.38. The van der Waals surface area contributed by atoms with Crippen molar-refractivity contribution >= 4 is 5.91 Å². The summed E-state index contributed by atoms with van der Waals surface area (Å²) in [6, 6.07) is 9.92. The van der Waals surface area contributed by atoms with Gasteiger partial charge >= 0.3 is 0 Å². The van der Waals surface area contributed by atoms with E-state index in [4.69, 9.17) is 4.74 Å². The summed E-state index contributed by atoms with van der Waals surface area (Å²) in [6.45, 7) is 4.35. The first-order valence-electron chi connectivity index (χ1n) is 8.11. The normalized spacial score (nSPS) is 13.7. The number of unbranched alkanes of at least 4 members (excludes halogenated alkanes) is 2. The molecule has 21 heavy (non-hydrogen) atoms. The van der Waals surface area contributed by atoms with Crippen LogP contribution >= 0.6 is 0 Å². The maximum absolute atomic E-state index is 12.5. The Morgan fingerprint density at radius 3 is 2.38 bits per heavy atom. The largest absolute Gasteiger partial charge is 0.367 e. The molecular weight excluding hydrogens is 262 g/mol. The van der Waals surface area contributed by atoms with Gasteiger partial charge in [-0.25, -0.2) is 0 Å². The second kappa shape index (κ2) is 10.4. The van der Waals surface area contributed by atoms with E-state index >= 15 is 0 Å². The highest BCUT2D eigenvalue weighted by Crippen LogP contribution is 2.18. The topological polar surface area (TPSA) is 38.3 Å². The lowest BCUT2D eigenvalue weighted by atomic mass is 10.0. The van der Waals surface area contributed by atoms with Crippen molar-refractivity contribution in [1.82, 2.24) is 5.32 Å². The molecule has 0 saturated carbocycles. The fraction of sp³-hybridized carbons (Fsp3) is 0.611. The first-order valence-corrected chi connectivity index (χ1v) is 8.11. The van der Waals surface area contributed by atoms with Gasteiger partial charge in [0.25, 0.3) is 5.91 Å². The van der Waals surface area contributed by atoms with Gasteiger partial charge in [0.15, 0.2) is 6.10 Å². The molecule has 0 aromatic heterocycles. The van der Waals surface area contributed by atoms with Gasteiger partial charge in [0.05, 0.1) is 0 Å². The highest BCUT2D eigenvalue weighted by Gasteiger charge is 2.22. The highest BCUT2D eigenvalue weighted by atomic mass is 16.5. The van der Waals surface area contributed by atoms with Gasteiger partial charge in [-0.05, 0) is 18.4 Å². The number of benzene rings is 1. The molecule has 0 aliphatic heterocycles. The third-order valence-electron chi connectivity index (χ3n) is 3.72. The molecule has 0 heterocycles. The molecule has 1 aromatic carbocycles. The Labute approximate surface area is 129 Å². The molecule has 0 fully saturated rings. The van der Waals surface area contributed by atoms with Gasteiger partial charge in [0.1, 0.15) is 0 Å². The molecule has 3 nitrogen and oxygen atoms in total. The maximum Gasteiger partial charge on any atom is 0.253 e. The molecule has 1 rings (SSSR count). The zero-order valence-corrected chi connectivity index (χ0v) is 13.6. The molecule has 0 aliphatic rings. The van der Waals surface area contributed by atoms with Crippen molar-refractivity contribution in [3.05, 3.63) is 35.9 Å². The molecule has 0 saturated heterocycles. The SMILES string of the molecule is CCCCCC(CCC)NC(=O)C(OC)c1ccccc1. The first kappa shape index (κ1) is 17.7. The Morgan fingerprint density at radius 2 is 1.81 bits per heavy atom. The Morgan fingerprint density at radius 1 is 1.10 bits per heavy atom. The van der Waals surface area contributed by atoms with Crippen LogP contribution in [0.25, 0.3) is 0 Å². The average Bonchev–Trinajstić information content (AvgIpc) is 2.49. The molecule has 1 aromatic rings. The number of methoxy groups -OCH3 is 1. The number of amides is 1. The molecule has 0 spiro atoms. The summed E-state index contributed by atoms with van der Waals surface area (Å²) in [5, 5.41) is 3.16. The second-order valence-corrected chi connectivity index (χ2v) is 5.52. The van der Waals surface area contributed by atoms with Gasteiger partial charge in [0, 0.05) is 13.2 Å². The molecule has 2 atom stereocenters. The van der Waals surface area contributed by atoms with Crippen LogP contribution in [0.15, 0.2) is 30.3 Å². The number of hydrogen-bond donors (Lipinski definition) is 1. The fourth-order valence-electron chi connectivity index (χ4n) is 2.58. The van der Waals surface area contributed by atoms with Gasteiger partial charge in [-0.1, -0.05) is 69.9 Å². The lowest BCUT2D eigenvalue weighted by Gasteiger charge is -2.22. The van der Waals surface area contributed by atoms with E-state index in [0.717, 1.165) is 24.8 Å². The number of rotatable bonds is 10. The molecule has 3 heteroatoms. The summed E-state index contributed by atoms with van der Waals surface area (Å²) >= 11 is 0. The Hall–Kier alpha value is -1.35. The quantitative estimate of drug-likeness (QED) is 0.655. The molecule has 1 amide bonds. The summed E-state index contributed by atoms with van der Waals surface area (Å²) in [5.74, 6) is -0.0290. The third-order valence-corrected chi connectivity index (χ3v) is 3.72. The van der Waals surface area contributed by atoms with Crippen molar-refractivity contribution in [1.29, 1.82) is 0 Å². The van der Waals surface area contributed by atoms with E-state index in [-0.39, 0.29) is 11.9 Å². The summed E-state index contributed by atoms with van der Waals surface area (Å²) < 4.78 is 5.39. The van der Waals surface area contributed by atoms with E-state index in [1.54, 1.807) is 7.11 Å². The van der Waals surface area contributed by atoms with Crippen molar-refractivity contribution < 1.29 is 9.53 Å². The minimum absolute atomic E-state index is 0.0290. The van der Waals surface area contributed by atoms with E-state index in [1.807, 2.05) is 30.3 Å². The molecule has 0 aliphatic carbocycles. The molecule has 1 N–H and O–H groups in total. The molecule has 2 unspecified atom stereocenters. The maximum atomic E-state index is 12.5. The predicted octanol–water partition coefficient (Wildman–Crippen LogP) is 4.24. The lowest BCUT2D eigenvalue weighted by molar-refractivity contribution is -0.132. The number of hydrogen-bond acceptors (Lipinski definition) is 2. The smallest absolute Gasteiger partial charge is 0.253 e. The van der Waals surface area contributed by atoms with Crippen molar-refractivity contribution in [3.8, 4) is 0 Å².